The van der Waals surface area contributed by atoms with Crippen molar-refractivity contribution in [1.82, 2.24) is 0 Å². The summed E-state index contributed by atoms with van der Waals surface area (Å²) in [6.07, 6.45) is 2.12. The Hall–Kier alpha value is -2.14. The first-order chi connectivity index (χ1) is 11.5. The van der Waals surface area contributed by atoms with Crippen LogP contribution in [0.5, 0.6) is 0 Å². The molecular formula is C19H24F2N2O. The molecule has 2 N–H and O–H groups in total. The fourth-order valence-electron chi connectivity index (χ4n) is 2.18. The van der Waals surface area contributed by atoms with E-state index >= 15 is 0 Å². The molecule has 24 heavy (non-hydrogen) atoms. The van der Waals surface area contributed by atoms with Gasteiger partial charge < -0.3 is 5.32 Å². The molecule has 0 bridgehead atoms. The third-order valence-corrected chi connectivity index (χ3v) is 3.60. The summed E-state index contributed by atoms with van der Waals surface area (Å²) in [7, 11) is 0. The first kappa shape index (κ1) is 18.2. The Morgan fingerprint density at radius 2 is 1.67 bits per heavy atom. The van der Waals surface area contributed by atoms with Crippen molar-refractivity contribution >= 4 is 17.1 Å². The molecule has 2 aromatic rings. The lowest BCUT2D eigenvalue weighted by atomic mass is 10.1. The van der Waals surface area contributed by atoms with Gasteiger partial charge in [-0.05, 0) is 50.5 Å². The van der Waals surface area contributed by atoms with Gasteiger partial charge in [-0.25, -0.2) is 8.78 Å². The highest BCUT2D eigenvalue weighted by molar-refractivity contribution is 5.75. The van der Waals surface area contributed by atoms with Crippen molar-refractivity contribution in [2.75, 3.05) is 10.8 Å². The van der Waals surface area contributed by atoms with Gasteiger partial charge in [-0.1, -0.05) is 31.5 Å². The maximum Gasteiger partial charge on any atom is 0.184 e. The average Bonchev–Trinajstić information content (AvgIpc) is 3.39. The van der Waals surface area contributed by atoms with E-state index in [9.17, 15) is 8.78 Å². The van der Waals surface area contributed by atoms with Crippen LogP contribution in [0.15, 0.2) is 30.3 Å². The van der Waals surface area contributed by atoms with E-state index in [0.29, 0.717) is 5.69 Å². The molecule has 0 aromatic heterocycles. The Kier molecular flexibility index (Phi) is 6.15. The summed E-state index contributed by atoms with van der Waals surface area (Å²) in [4.78, 5) is 5.38. The van der Waals surface area contributed by atoms with E-state index in [0.717, 1.165) is 35.7 Å². The Bertz CT molecular complexity index is 700. The largest absolute Gasteiger partial charge is 0.351 e. The van der Waals surface area contributed by atoms with Gasteiger partial charge in [0, 0.05) is 5.69 Å². The zero-order chi connectivity index (χ0) is 17.7. The van der Waals surface area contributed by atoms with Gasteiger partial charge >= 0.3 is 0 Å². The van der Waals surface area contributed by atoms with Crippen LogP contribution in [0.4, 0.5) is 25.8 Å². The van der Waals surface area contributed by atoms with Crippen molar-refractivity contribution in [3.05, 3.63) is 53.1 Å². The molecule has 3 nitrogen and oxygen atoms in total. The van der Waals surface area contributed by atoms with Crippen LogP contribution in [0.3, 0.4) is 0 Å². The van der Waals surface area contributed by atoms with Gasteiger partial charge in [0.2, 0.25) is 0 Å². The lowest BCUT2D eigenvalue weighted by Crippen LogP contribution is -2.08. The smallest absolute Gasteiger partial charge is 0.184 e. The average molecular weight is 334 g/mol. The minimum atomic E-state index is -0.927. The lowest BCUT2D eigenvalue weighted by molar-refractivity contribution is 0.178. The minimum absolute atomic E-state index is 0.0487. The number of hydrogen-bond donors (Lipinski definition) is 2. The number of nitrogens with one attached hydrogen (secondary N) is 2. The molecule has 0 aliphatic heterocycles. The molecule has 1 aliphatic carbocycles. The summed E-state index contributed by atoms with van der Waals surface area (Å²) in [5, 5.41) is 2.96. The molecule has 1 fully saturated rings. The molecule has 0 heterocycles. The molecule has 0 unspecified atom stereocenters. The second kappa shape index (κ2) is 8.11. The zero-order valence-corrected chi connectivity index (χ0v) is 14.5. The summed E-state index contributed by atoms with van der Waals surface area (Å²) >= 11 is 0. The lowest BCUT2D eigenvalue weighted by Gasteiger charge is -2.16. The van der Waals surface area contributed by atoms with E-state index in [1.807, 2.05) is 45.9 Å². The predicted molar refractivity (Wildman–Crippen MR) is 94.6 cm³/mol. The van der Waals surface area contributed by atoms with Gasteiger partial charge in [0.15, 0.2) is 11.6 Å². The minimum Gasteiger partial charge on any atom is -0.351 e. The monoisotopic (exact) mass is 334 g/mol. The van der Waals surface area contributed by atoms with Crippen molar-refractivity contribution in [2.45, 2.75) is 46.6 Å². The summed E-state index contributed by atoms with van der Waals surface area (Å²) in [5.41, 5.74) is 5.95. The molecule has 3 rings (SSSR count). The fourth-order valence-corrected chi connectivity index (χ4v) is 2.18. The summed E-state index contributed by atoms with van der Waals surface area (Å²) < 4.78 is 27.7. The number of aryl methyl sites for hydroxylation is 2. The van der Waals surface area contributed by atoms with Crippen LogP contribution < -0.4 is 10.8 Å². The van der Waals surface area contributed by atoms with Crippen LogP contribution in [-0.2, 0) is 4.84 Å². The SMILES string of the molecule is CC.Cc1ccc(Nc2c(NOC3CC3)ccc(F)c2F)c(C)c1. The zero-order valence-electron chi connectivity index (χ0n) is 14.5. The van der Waals surface area contributed by atoms with Crippen molar-refractivity contribution in [1.29, 1.82) is 0 Å². The van der Waals surface area contributed by atoms with E-state index in [2.05, 4.69) is 10.8 Å². The van der Waals surface area contributed by atoms with E-state index in [1.165, 1.54) is 6.07 Å². The van der Waals surface area contributed by atoms with Gasteiger partial charge in [-0.15, -0.1) is 0 Å². The maximum absolute atomic E-state index is 14.2. The van der Waals surface area contributed by atoms with Crippen LogP contribution in [0.2, 0.25) is 0 Å². The van der Waals surface area contributed by atoms with Gasteiger partial charge in [0.1, 0.15) is 5.69 Å². The molecule has 0 atom stereocenters. The number of benzene rings is 2. The Morgan fingerprint density at radius 3 is 2.29 bits per heavy atom. The third-order valence-electron chi connectivity index (χ3n) is 3.60. The van der Waals surface area contributed by atoms with Crippen LogP contribution in [0.25, 0.3) is 0 Å². The molecule has 1 saturated carbocycles. The molecule has 0 amide bonds. The standard InChI is InChI=1S/C17H18F2N2O.C2H6/c1-10-3-7-14(11(2)9-10)20-17-15(21-22-12-4-5-12)8-6-13(18)16(17)19;1-2/h3,6-9,12,20-21H,4-5H2,1-2H3;1-2H3. The Balaban J connectivity index is 0.00000100. The first-order valence-electron chi connectivity index (χ1n) is 8.28. The van der Waals surface area contributed by atoms with Crippen LogP contribution >= 0.6 is 0 Å². The van der Waals surface area contributed by atoms with E-state index in [1.54, 1.807) is 0 Å². The van der Waals surface area contributed by atoms with Crippen molar-refractivity contribution in [3.8, 4) is 0 Å². The fraction of sp³-hybridized carbons (Fsp3) is 0.368. The predicted octanol–water partition coefficient (Wildman–Crippen LogP) is 5.86. The summed E-state index contributed by atoms with van der Waals surface area (Å²) in [5.74, 6) is -1.83. The number of halogens is 2. The summed E-state index contributed by atoms with van der Waals surface area (Å²) in [6, 6.07) is 8.29. The Labute approximate surface area is 142 Å². The normalized spacial score (nSPS) is 13.1. The third kappa shape index (κ3) is 4.45. The maximum atomic E-state index is 14.2. The molecule has 1 aliphatic rings. The molecular weight excluding hydrogens is 310 g/mol. The molecule has 2 aromatic carbocycles. The molecule has 0 saturated heterocycles. The molecule has 5 heteroatoms. The van der Waals surface area contributed by atoms with Gasteiger partial charge in [0.05, 0.1) is 11.8 Å². The van der Waals surface area contributed by atoms with Crippen molar-refractivity contribution in [2.24, 2.45) is 0 Å². The van der Waals surface area contributed by atoms with E-state index in [4.69, 9.17) is 4.84 Å². The topological polar surface area (TPSA) is 33.3 Å². The first-order valence-corrected chi connectivity index (χ1v) is 8.28. The highest BCUT2D eigenvalue weighted by atomic mass is 19.2. The second-order valence-corrected chi connectivity index (χ2v) is 5.65. The van der Waals surface area contributed by atoms with Gasteiger partial charge in [-0.3, -0.25) is 10.3 Å². The molecule has 0 radical (unpaired) electrons. The quantitative estimate of drug-likeness (QED) is 0.672. The van der Waals surface area contributed by atoms with E-state index in [-0.39, 0.29) is 11.8 Å². The molecule has 0 spiro atoms. The Morgan fingerprint density at radius 1 is 1.00 bits per heavy atom. The van der Waals surface area contributed by atoms with Crippen molar-refractivity contribution in [3.63, 3.8) is 0 Å². The van der Waals surface area contributed by atoms with Crippen LogP contribution in [-0.4, -0.2) is 6.10 Å². The second-order valence-electron chi connectivity index (χ2n) is 5.65. The van der Waals surface area contributed by atoms with Crippen molar-refractivity contribution < 1.29 is 13.6 Å². The number of hydrogen-bond acceptors (Lipinski definition) is 3. The van der Waals surface area contributed by atoms with Gasteiger partial charge in [-0.2, -0.15) is 0 Å². The number of rotatable bonds is 5. The van der Waals surface area contributed by atoms with Crippen LogP contribution in [0, 0.1) is 25.5 Å². The highest BCUT2D eigenvalue weighted by Crippen LogP contribution is 2.33. The van der Waals surface area contributed by atoms with Gasteiger partial charge in [0.25, 0.3) is 0 Å². The van der Waals surface area contributed by atoms with Crippen LogP contribution in [0.1, 0.15) is 37.8 Å². The molecule has 130 valence electrons. The number of anilines is 3. The van der Waals surface area contributed by atoms with E-state index < -0.39 is 11.6 Å². The highest BCUT2D eigenvalue weighted by Gasteiger charge is 2.24. The summed E-state index contributed by atoms with van der Waals surface area (Å²) in [6.45, 7) is 7.90.